The summed E-state index contributed by atoms with van der Waals surface area (Å²) in [6.45, 7) is 2.62. The summed E-state index contributed by atoms with van der Waals surface area (Å²) < 4.78 is 6.03. The SMILES string of the molecule is CN=C(NCCCCOC1CCCCCC1)NCc1ccccc1.I. The van der Waals surface area contributed by atoms with Crippen LogP contribution in [0.1, 0.15) is 56.9 Å². The summed E-state index contributed by atoms with van der Waals surface area (Å²) in [7, 11) is 1.81. The Bertz CT molecular complexity index is 459. The summed E-state index contributed by atoms with van der Waals surface area (Å²) in [6.07, 6.45) is 10.7. The van der Waals surface area contributed by atoms with Crippen molar-refractivity contribution in [2.24, 2.45) is 4.99 Å². The lowest BCUT2D eigenvalue weighted by Crippen LogP contribution is -2.37. The largest absolute Gasteiger partial charge is 0.378 e. The van der Waals surface area contributed by atoms with E-state index in [-0.39, 0.29) is 24.0 Å². The van der Waals surface area contributed by atoms with Gasteiger partial charge in [-0.25, -0.2) is 0 Å². The molecule has 0 spiro atoms. The quantitative estimate of drug-likeness (QED) is 0.198. The van der Waals surface area contributed by atoms with Crippen LogP contribution in [0.5, 0.6) is 0 Å². The van der Waals surface area contributed by atoms with Crippen molar-refractivity contribution in [2.75, 3.05) is 20.2 Å². The Morgan fingerprint density at radius 1 is 1.04 bits per heavy atom. The minimum atomic E-state index is 0. The number of halogens is 1. The first-order valence-corrected chi connectivity index (χ1v) is 9.48. The maximum atomic E-state index is 6.03. The van der Waals surface area contributed by atoms with Gasteiger partial charge in [-0.2, -0.15) is 0 Å². The van der Waals surface area contributed by atoms with Crippen LogP contribution in [-0.2, 0) is 11.3 Å². The zero-order chi connectivity index (χ0) is 16.9. The first-order valence-electron chi connectivity index (χ1n) is 9.48. The summed E-state index contributed by atoms with van der Waals surface area (Å²) in [4.78, 5) is 4.27. The molecule has 1 aromatic rings. The molecular formula is C20H34IN3O. The summed E-state index contributed by atoms with van der Waals surface area (Å²) in [5, 5.41) is 6.71. The zero-order valence-electron chi connectivity index (χ0n) is 15.5. The molecule has 0 bridgehead atoms. The molecule has 0 amide bonds. The molecule has 0 saturated heterocycles. The Hall–Kier alpha value is -0.820. The molecule has 0 heterocycles. The highest BCUT2D eigenvalue weighted by molar-refractivity contribution is 14.0. The van der Waals surface area contributed by atoms with Gasteiger partial charge in [0, 0.05) is 26.7 Å². The van der Waals surface area contributed by atoms with Crippen molar-refractivity contribution >= 4 is 29.9 Å². The molecular weight excluding hydrogens is 425 g/mol. The van der Waals surface area contributed by atoms with Gasteiger partial charge < -0.3 is 15.4 Å². The number of nitrogens with zero attached hydrogens (tertiary/aromatic N) is 1. The lowest BCUT2D eigenvalue weighted by Gasteiger charge is -2.15. The number of unbranched alkanes of at least 4 members (excludes halogenated alkanes) is 1. The molecule has 1 saturated carbocycles. The van der Waals surface area contributed by atoms with Crippen molar-refractivity contribution in [1.82, 2.24) is 10.6 Å². The monoisotopic (exact) mass is 459 g/mol. The molecule has 0 radical (unpaired) electrons. The lowest BCUT2D eigenvalue weighted by molar-refractivity contribution is 0.0411. The standard InChI is InChI=1S/C20H33N3O.HI/c1-21-20(23-17-18-11-5-4-6-12-18)22-15-9-10-16-24-19-13-7-2-3-8-14-19;/h4-6,11-12,19H,2-3,7-10,13-17H2,1H3,(H2,21,22,23);1H. The van der Waals surface area contributed by atoms with E-state index in [9.17, 15) is 0 Å². The second-order valence-electron chi connectivity index (χ2n) is 6.53. The van der Waals surface area contributed by atoms with Gasteiger partial charge in [-0.3, -0.25) is 4.99 Å². The fourth-order valence-electron chi connectivity index (χ4n) is 3.09. The van der Waals surface area contributed by atoms with Crippen LogP contribution < -0.4 is 10.6 Å². The topological polar surface area (TPSA) is 45.7 Å². The predicted molar refractivity (Wildman–Crippen MR) is 117 cm³/mol. The Morgan fingerprint density at radius 3 is 2.44 bits per heavy atom. The van der Waals surface area contributed by atoms with E-state index in [0.29, 0.717) is 6.10 Å². The molecule has 0 aromatic heterocycles. The lowest BCUT2D eigenvalue weighted by atomic mass is 10.1. The van der Waals surface area contributed by atoms with Crippen LogP contribution in [0.25, 0.3) is 0 Å². The third-order valence-electron chi connectivity index (χ3n) is 4.55. The van der Waals surface area contributed by atoms with Crippen LogP contribution in [0, 0.1) is 0 Å². The van der Waals surface area contributed by atoms with Crippen molar-refractivity contribution in [3.8, 4) is 0 Å². The fourth-order valence-corrected chi connectivity index (χ4v) is 3.09. The van der Waals surface area contributed by atoms with E-state index < -0.39 is 0 Å². The second-order valence-corrected chi connectivity index (χ2v) is 6.53. The highest BCUT2D eigenvalue weighted by atomic mass is 127. The van der Waals surface area contributed by atoms with E-state index in [2.05, 4.69) is 39.9 Å². The molecule has 0 atom stereocenters. The smallest absolute Gasteiger partial charge is 0.191 e. The number of guanidine groups is 1. The summed E-state index contributed by atoms with van der Waals surface area (Å²) in [5.41, 5.74) is 1.26. The molecule has 142 valence electrons. The van der Waals surface area contributed by atoms with Crippen molar-refractivity contribution in [1.29, 1.82) is 0 Å². The molecule has 4 nitrogen and oxygen atoms in total. The number of aliphatic imine (C=N–C) groups is 1. The molecule has 2 N–H and O–H groups in total. The number of ether oxygens (including phenoxy) is 1. The van der Waals surface area contributed by atoms with Gasteiger partial charge in [0.1, 0.15) is 0 Å². The van der Waals surface area contributed by atoms with Crippen molar-refractivity contribution in [2.45, 2.75) is 64.0 Å². The van der Waals surface area contributed by atoms with Gasteiger partial charge in [0.25, 0.3) is 0 Å². The molecule has 1 aliphatic carbocycles. The minimum absolute atomic E-state index is 0. The third kappa shape index (κ3) is 10.0. The Balaban J connectivity index is 0.00000312. The number of benzene rings is 1. The van der Waals surface area contributed by atoms with Gasteiger partial charge >= 0.3 is 0 Å². The van der Waals surface area contributed by atoms with Gasteiger partial charge in [-0.15, -0.1) is 24.0 Å². The van der Waals surface area contributed by atoms with Crippen molar-refractivity contribution in [3.05, 3.63) is 35.9 Å². The van der Waals surface area contributed by atoms with E-state index in [1.165, 1.54) is 44.1 Å². The fraction of sp³-hybridized carbons (Fsp3) is 0.650. The number of nitrogens with one attached hydrogen (secondary N) is 2. The van der Waals surface area contributed by atoms with Crippen molar-refractivity contribution < 1.29 is 4.74 Å². The van der Waals surface area contributed by atoms with E-state index in [0.717, 1.165) is 38.5 Å². The van der Waals surface area contributed by atoms with Gasteiger partial charge in [0.2, 0.25) is 0 Å². The van der Waals surface area contributed by atoms with Crippen LogP contribution in [0.2, 0.25) is 0 Å². The van der Waals surface area contributed by atoms with Crippen LogP contribution in [0.15, 0.2) is 35.3 Å². The average molecular weight is 459 g/mol. The maximum Gasteiger partial charge on any atom is 0.191 e. The summed E-state index contributed by atoms with van der Waals surface area (Å²) in [5.74, 6) is 0.864. The van der Waals surface area contributed by atoms with Gasteiger partial charge in [0.05, 0.1) is 6.10 Å². The number of hydrogen-bond acceptors (Lipinski definition) is 2. The molecule has 1 aromatic carbocycles. The number of hydrogen-bond donors (Lipinski definition) is 2. The van der Waals surface area contributed by atoms with E-state index in [1.54, 1.807) is 0 Å². The predicted octanol–water partition coefficient (Wildman–Crippen LogP) is 4.49. The summed E-state index contributed by atoms with van der Waals surface area (Å²) >= 11 is 0. The molecule has 0 unspecified atom stereocenters. The molecule has 2 rings (SSSR count). The van der Waals surface area contributed by atoms with Crippen LogP contribution in [-0.4, -0.2) is 32.3 Å². The van der Waals surface area contributed by atoms with Crippen LogP contribution in [0.3, 0.4) is 0 Å². The van der Waals surface area contributed by atoms with Crippen LogP contribution >= 0.6 is 24.0 Å². The Kier molecular flexibility index (Phi) is 12.8. The molecule has 25 heavy (non-hydrogen) atoms. The van der Waals surface area contributed by atoms with Gasteiger partial charge in [-0.05, 0) is 31.2 Å². The molecule has 1 fully saturated rings. The average Bonchev–Trinajstić information content (AvgIpc) is 2.90. The van der Waals surface area contributed by atoms with Crippen molar-refractivity contribution in [3.63, 3.8) is 0 Å². The zero-order valence-corrected chi connectivity index (χ0v) is 17.8. The Labute approximate surface area is 170 Å². The van der Waals surface area contributed by atoms with Gasteiger partial charge in [-0.1, -0.05) is 56.0 Å². The normalized spacial score (nSPS) is 16.0. The first kappa shape index (κ1) is 22.2. The van der Waals surface area contributed by atoms with E-state index in [4.69, 9.17) is 4.74 Å². The van der Waals surface area contributed by atoms with Gasteiger partial charge in [0.15, 0.2) is 5.96 Å². The highest BCUT2D eigenvalue weighted by Crippen LogP contribution is 2.19. The van der Waals surface area contributed by atoms with E-state index >= 15 is 0 Å². The third-order valence-corrected chi connectivity index (χ3v) is 4.55. The van der Waals surface area contributed by atoms with E-state index in [1.807, 2.05) is 13.1 Å². The van der Waals surface area contributed by atoms with Crippen LogP contribution in [0.4, 0.5) is 0 Å². The molecule has 5 heteroatoms. The highest BCUT2D eigenvalue weighted by Gasteiger charge is 2.11. The maximum absolute atomic E-state index is 6.03. The molecule has 1 aliphatic rings. The second kappa shape index (κ2) is 14.4. The molecule has 0 aliphatic heterocycles. The minimum Gasteiger partial charge on any atom is -0.378 e. The summed E-state index contributed by atoms with van der Waals surface area (Å²) in [6, 6.07) is 10.4. The Morgan fingerprint density at radius 2 is 1.76 bits per heavy atom. The first-order chi connectivity index (χ1) is 11.9. The number of rotatable bonds is 8.